The van der Waals surface area contributed by atoms with Gasteiger partial charge in [-0.25, -0.2) is 0 Å². The molecule has 16 heavy (non-hydrogen) atoms. The Labute approximate surface area is 94.0 Å². The number of imide groups is 1. The number of piperidine rings is 1. The molecule has 1 aliphatic rings. The minimum atomic E-state index is -0.191. The number of hydrogen-bond acceptors (Lipinski definition) is 3. The molecule has 2 amide bonds. The zero-order chi connectivity index (χ0) is 11.5. The quantitative estimate of drug-likeness (QED) is 0.734. The summed E-state index contributed by atoms with van der Waals surface area (Å²) < 4.78 is 0. The van der Waals surface area contributed by atoms with Gasteiger partial charge < -0.3 is 5.32 Å². The molecule has 84 valence electrons. The lowest BCUT2D eigenvalue weighted by Gasteiger charge is -2.21. The van der Waals surface area contributed by atoms with E-state index in [0.717, 1.165) is 11.3 Å². The molecule has 4 heteroatoms. The van der Waals surface area contributed by atoms with Crippen molar-refractivity contribution < 1.29 is 9.59 Å². The highest BCUT2D eigenvalue weighted by Crippen LogP contribution is 2.25. The number of hydrogen-bond donors (Lipinski definition) is 2. The maximum atomic E-state index is 11.6. The third-order valence-corrected chi connectivity index (χ3v) is 2.84. The van der Waals surface area contributed by atoms with Crippen LogP contribution in [0.4, 0.5) is 5.69 Å². The standard InChI is InChI=1S/C12H14N2O2/c1-13-9-4-2-8(3-5-9)10-6-7-11(15)14-12(10)16/h2-5,10,13H,6-7H2,1H3,(H,14,15,16). The van der Waals surface area contributed by atoms with Crippen molar-refractivity contribution in [1.29, 1.82) is 0 Å². The number of anilines is 1. The van der Waals surface area contributed by atoms with E-state index in [2.05, 4.69) is 10.6 Å². The van der Waals surface area contributed by atoms with Gasteiger partial charge in [0.1, 0.15) is 0 Å². The van der Waals surface area contributed by atoms with E-state index < -0.39 is 0 Å². The Balaban J connectivity index is 2.17. The molecule has 0 aliphatic carbocycles. The molecule has 1 atom stereocenters. The van der Waals surface area contributed by atoms with Gasteiger partial charge in [0.2, 0.25) is 11.8 Å². The van der Waals surface area contributed by atoms with Crippen LogP contribution in [0.3, 0.4) is 0 Å². The van der Waals surface area contributed by atoms with Crippen molar-refractivity contribution >= 4 is 17.5 Å². The van der Waals surface area contributed by atoms with Crippen LogP contribution in [0.15, 0.2) is 24.3 Å². The Kier molecular flexibility index (Phi) is 2.90. The maximum Gasteiger partial charge on any atom is 0.234 e. The van der Waals surface area contributed by atoms with Crippen LogP contribution in [0.2, 0.25) is 0 Å². The molecule has 1 fully saturated rings. The van der Waals surface area contributed by atoms with E-state index >= 15 is 0 Å². The molecule has 1 aromatic carbocycles. The first-order valence-electron chi connectivity index (χ1n) is 5.32. The highest BCUT2D eigenvalue weighted by molar-refractivity contribution is 6.00. The monoisotopic (exact) mass is 218 g/mol. The molecule has 0 radical (unpaired) electrons. The van der Waals surface area contributed by atoms with E-state index in [4.69, 9.17) is 0 Å². The van der Waals surface area contributed by atoms with E-state index in [9.17, 15) is 9.59 Å². The Morgan fingerprint density at radius 3 is 2.50 bits per heavy atom. The van der Waals surface area contributed by atoms with Crippen LogP contribution >= 0.6 is 0 Å². The lowest BCUT2D eigenvalue weighted by molar-refractivity contribution is -0.134. The highest BCUT2D eigenvalue weighted by Gasteiger charge is 2.27. The smallest absolute Gasteiger partial charge is 0.234 e. The van der Waals surface area contributed by atoms with Gasteiger partial charge in [-0.2, -0.15) is 0 Å². The molecule has 0 spiro atoms. The van der Waals surface area contributed by atoms with Crippen molar-refractivity contribution in [1.82, 2.24) is 5.32 Å². The van der Waals surface area contributed by atoms with Crippen molar-refractivity contribution in [2.75, 3.05) is 12.4 Å². The summed E-state index contributed by atoms with van der Waals surface area (Å²) in [5.41, 5.74) is 1.97. The van der Waals surface area contributed by atoms with Crippen LogP contribution in [-0.2, 0) is 9.59 Å². The summed E-state index contributed by atoms with van der Waals surface area (Å²) >= 11 is 0. The second-order valence-electron chi connectivity index (χ2n) is 3.88. The molecule has 1 heterocycles. The fraction of sp³-hybridized carbons (Fsp3) is 0.333. The minimum absolute atomic E-state index is 0.173. The van der Waals surface area contributed by atoms with Crippen molar-refractivity contribution in [3.05, 3.63) is 29.8 Å². The summed E-state index contributed by atoms with van der Waals surface area (Å²) in [4.78, 5) is 22.6. The van der Waals surface area contributed by atoms with E-state index in [-0.39, 0.29) is 17.7 Å². The van der Waals surface area contributed by atoms with Gasteiger partial charge in [-0.3, -0.25) is 14.9 Å². The fourth-order valence-corrected chi connectivity index (χ4v) is 1.89. The second-order valence-corrected chi connectivity index (χ2v) is 3.88. The number of carbonyl (C=O) groups excluding carboxylic acids is 2. The molecule has 0 saturated carbocycles. The lowest BCUT2D eigenvalue weighted by atomic mass is 9.90. The van der Waals surface area contributed by atoms with E-state index in [1.54, 1.807) is 0 Å². The largest absolute Gasteiger partial charge is 0.388 e. The summed E-state index contributed by atoms with van der Waals surface area (Å²) in [6.45, 7) is 0. The van der Waals surface area contributed by atoms with Crippen LogP contribution in [0.25, 0.3) is 0 Å². The van der Waals surface area contributed by atoms with Crippen LogP contribution in [0, 0.1) is 0 Å². The van der Waals surface area contributed by atoms with E-state index in [0.29, 0.717) is 12.8 Å². The fourth-order valence-electron chi connectivity index (χ4n) is 1.89. The van der Waals surface area contributed by atoms with Gasteiger partial charge in [-0.15, -0.1) is 0 Å². The Morgan fingerprint density at radius 2 is 1.94 bits per heavy atom. The zero-order valence-corrected chi connectivity index (χ0v) is 9.12. The molecule has 0 bridgehead atoms. The topological polar surface area (TPSA) is 58.2 Å². The van der Waals surface area contributed by atoms with Gasteiger partial charge >= 0.3 is 0 Å². The van der Waals surface area contributed by atoms with E-state index in [1.807, 2.05) is 31.3 Å². The van der Waals surface area contributed by atoms with Gasteiger partial charge in [0.25, 0.3) is 0 Å². The average molecular weight is 218 g/mol. The van der Waals surface area contributed by atoms with Gasteiger partial charge in [0.15, 0.2) is 0 Å². The first-order valence-corrected chi connectivity index (χ1v) is 5.32. The minimum Gasteiger partial charge on any atom is -0.388 e. The molecule has 2 N–H and O–H groups in total. The SMILES string of the molecule is CNc1ccc(C2CCC(=O)NC2=O)cc1. The third-order valence-electron chi connectivity index (χ3n) is 2.84. The molecule has 1 aliphatic heterocycles. The van der Waals surface area contributed by atoms with Crippen molar-refractivity contribution in [3.8, 4) is 0 Å². The van der Waals surface area contributed by atoms with Crippen molar-refractivity contribution in [3.63, 3.8) is 0 Å². The predicted octanol–water partition coefficient (Wildman–Crippen LogP) is 1.25. The molecule has 1 aromatic rings. The lowest BCUT2D eigenvalue weighted by Crippen LogP contribution is -2.39. The molecular weight excluding hydrogens is 204 g/mol. The summed E-state index contributed by atoms with van der Waals surface area (Å²) in [6.07, 6.45) is 1.02. The zero-order valence-electron chi connectivity index (χ0n) is 9.12. The summed E-state index contributed by atoms with van der Waals surface area (Å²) in [5.74, 6) is -0.551. The number of carbonyl (C=O) groups is 2. The Morgan fingerprint density at radius 1 is 1.25 bits per heavy atom. The molecule has 0 aromatic heterocycles. The number of rotatable bonds is 2. The molecule has 1 saturated heterocycles. The summed E-state index contributed by atoms with van der Waals surface area (Å²) in [7, 11) is 1.85. The van der Waals surface area contributed by atoms with Gasteiger partial charge in [0.05, 0.1) is 5.92 Å². The third kappa shape index (κ3) is 2.05. The van der Waals surface area contributed by atoms with E-state index in [1.165, 1.54) is 0 Å². The Hall–Kier alpha value is -1.84. The average Bonchev–Trinajstić information content (AvgIpc) is 2.29. The van der Waals surface area contributed by atoms with Crippen LogP contribution in [0.5, 0.6) is 0 Å². The van der Waals surface area contributed by atoms with Crippen molar-refractivity contribution in [2.24, 2.45) is 0 Å². The molecular formula is C12H14N2O2. The highest BCUT2D eigenvalue weighted by atomic mass is 16.2. The van der Waals surface area contributed by atoms with Crippen LogP contribution in [-0.4, -0.2) is 18.9 Å². The van der Waals surface area contributed by atoms with Crippen LogP contribution in [0.1, 0.15) is 24.3 Å². The molecule has 1 unspecified atom stereocenters. The second kappa shape index (κ2) is 4.35. The summed E-state index contributed by atoms with van der Waals surface area (Å²) in [5, 5.41) is 5.38. The van der Waals surface area contributed by atoms with Crippen molar-refractivity contribution in [2.45, 2.75) is 18.8 Å². The molecule has 2 rings (SSSR count). The number of benzene rings is 1. The molecule has 4 nitrogen and oxygen atoms in total. The van der Waals surface area contributed by atoms with Gasteiger partial charge in [0, 0.05) is 19.2 Å². The normalized spacial score (nSPS) is 20.4. The Bertz CT molecular complexity index is 412. The van der Waals surface area contributed by atoms with Crippen LogP contribution < -0.4 is 10.6 Å². The summed E-state index contributed by atoms with van der Waals surface area (Å²) in [6, 6.07) is 7.70. The first kappa shape index (κ1) is 10.7. The predicted molar refractivity (Wildman–Crippen MR) is 61.1 cm³/mol. The van der Waals surface area contributed by atoms with Gasteiger partial charge in [-0.1, -0.05) is 12.1 Å². The first-order chi connectivity index (χ1) is 7.70. The number of amides is 2. The maximum absolute atomic E-state index is 11.6. The van der Waals surface area contributed by atoms with Gasteiger partial charge in [-0.05, 0) is 24.1 Å². The number of nitrogens with one attached hydrogen (secondary N) is 2.